The zero-order chi connectivity index (χ0) is 20.9. The van der Waals surface area contributed by atoms with E-state index in [-0.39, 0.29) is 0 Å². The number of pyridine rings is 1. The van der Waals surface area contributed by atoms with Gasteiger partial charge in [-0.2, -0.15) is 0 Å². The van der Waals surface area contributed by atoms with Crippen molar-refractivity contribution in [1.82, 2.24) is 19.9 Å². The van der Waals surface area contributed by atoms with E-state index in [0.717, 1.165) is 61.1 Å². The number of piperidine rings is 1. The number of ether oxygens (including phenoxy) is 1. The van der Waals surface area contributed by atoms with Gasteiger partial charge in [-0.3, -0.25) is 9.88 Å². The Labute approximate surface area is 178 Å². The lowest BCUT2D eigenvalue weighted by Crippen LogP contribution is -2.34. The second-order valence-corrected chi connectivity index (χ2v) is 8.04. The third kappa shape index (κ3) is 4.76. The third-order valence-corrected chi connectivity index (χ3v) is 5.57. The molecule has 0 radical (unpaired) electrons. The molecule has 156 valence electrons. The highest BCUT2D eigenvalue weighted by atomic mass is 16.5. The maximum atomic E-state index is 5.38. The average molecular weight is 404 g/mol. The van der Waals surface area contributed by atoms with Crippen molar-refractivity contribution in [3.05, 3.63) is 66.1 Å². The van der Waals surface area contributed by atoms with Crippen molar-refractivity contribution in [1.29, 1.82) is 0 Å². The highest BCUT2D eigenvalue weighted by Gasteiger charge is 2.24. The molecule has 1 saturated heterocycles. The molecule has 0 amide bonds. The lowest BCUT2D eigenvalue weighted by Gasteiger charge is -2.33. The van der Waals surface area contributed by atoms with Crippen LogP contribution in [0.5, 0.6) is 5.75 Å². The molecule has 30 heavy (non-hydrogen) atoms. The van der Waals surface area contributed by atoms with Crippen molar-refractivity contribution in [2.24, 2.45) is 0 Å². The fourth-order valence-corrected chi connectivity index (χ4v) is 3.98. The lowest BCUT2D eigenvalue weighted by molar-refractivity contribution is 0.198. The summed E-state index contributed by atoms with van der Waals surface area (Å²) < 4.78 is 5.38. The number of anilines is 1. The van der Waals surface area contributed by atoms with Gasteiger partial charge in [-0.05, 0) is 49.2 Å². The van der Waals surface area contributed by atoms with Crippen LogP contribution < -0.4 is 9.64 Å². The summed E-state index contributed by atoms with van der Waals surface area (Å²) in [6.45, 7) is 3.02. The highest BCUT2D eigenvalue weighted by Crippen LogP contribution is 2.30. The van der Waals surface area contributed by atoms with Crippen LogP contribution in [-0.4, -0.2) is 54.1 Å². The van der Waals surface area contributed by atoms with Crippen molar-refractivity contribution in [2.75, 3.05) is 39.2 Å². The number of benzene rings is 1. The van der Waals surface area contributed by atoms with Gasteiger partial charge in [0.05, 0.1) is 12.8 Å². The Bertz CT molecular complexity index is 976. The largest absolute Gasteiger partial charge is 0.497 e. The Hall–Kier alpha value is -2.99. The van der Waals surface area contributed by atoms with Gasteiger partial charge >= 0.3 is 0 Å². The van der Waals surface area contributed by atoms with Gasteiger partial charge in [-0.15, -0.1) is 0 Å². The second-order valence-electron chi connectivity index (χ2n) is 8.04. The molecule has 1 fully saturated rings. The van der Waals surface area contributed by atoms with Crippen LogP contribution in [0.2, 0.25) is 0 Å². The highest BCUT2D eigenvalue weighted by molar-refractivity contribution is 5.56. The minimum absolute atomic E-state index is 0.390. The van der Waals surface area contributed by atoms with E-state index in [9.17, 15) is 0 Å². The Kier molecular flexibility index (Phi) is 6.23. The molecule has 1 aliphatic rings. The van der Waals surface area contributed by atoms with E-state index in [1.54, 1.807) is 13.3 Å². The summed E-state index contributed by atoms with van der Waals surface area (Å²) >= 11 is 0. The van der Waals surface area contributed by atoms with Crippen LogP contribution in [0.1, 0.15) is 30.0 Å². The molecule has 0 aliphatic carbocycles. The van der Waals surface area contributed by atoms with Gasteiger partial charge in [0.15, 0.2) is 5.82 Å². The molecule has 0 saturated carbocycles. The number of rotatable bonds is 6. The molecule has 0 spiro atoms. The first-order chi connectivity index (χ1) is 14.6. The number of hydrogen-bond donors (Lipinski definition) is 0. The SMILES string of the molecule is COc1cccc(CN2CCC[C@H](c3cc(N(C)C)nc(-c4cccnc4)n3)C2)c1. The molecule has 1 aliphatic heterocycles. The molecule has 4 rings (SSSR count). The van der Waals surface area contributed by atoms with E-state index in [1.165, 1.54) is 5.56 Å². The Morgan fingerprint density at radius 1 is 1.13 bits per heavy atom. The van der Waals surface area contributed by atoms with E-state index >= 15 is 0 Å². The van der Waals surface area contributed by atoms with Gasteiger partial charge in [0.1, 0.15) is 11.6 Å². The molecule has 6 nitrogen and oxygen atoms in total. The maximum absolute atomic E-state index is 5.38. The summed E-state index contributed by atoms with van der Waals surface area (Å²) in [6.07, 6.45) is 5.91. The number of likely N-dealkylation sites (tertiary alicyclic amines) is 1. The minimum atomic E-state index is 0.390. The van der Waals surface area contributed by atoms with Crippen molar-refractivity contribution in [3.8, 4) is 17.1 Å². The van der Waals surface area contributed by atoms with Crippen LogP contribution in [0.4, 0.5) is 5.82 Å². The fraction of sp³-hybridized carbons (Fsp3) is 0.375. The first-order valence-electron chi connectivity index (χ1n) is 10.4. The molecule has 0 N–H and O–H groups in total. The predicted molar refractivity (Wildman–Crippen MR) is 120 cm³/mol. The van der Waals surface area contributed by atoms with E-state index in [2.05, 4.69) is 34.1 Å². The molecule has 0 unspecified atom stereocenters. The van der Waals surface area contributed by atoms with Crippen LogP contribution in [0.25, 0.3) is 11.4 Å². The summed E-state index contributed by atoms with van der Waals surface area (Å²) in [6, 6.07) is 14.4. The zero-order valence-corrected chi connectivity index (χ0v) is 18.0. The first-order valence-corrected chi connectivity index (χ1v) is 10.4. The van der Waals surface area contributed by atoms with E-state index in [1.807, 2.05) is 43.4 Å². The Morgan fingerprint density at radius 2 is 2.03 bits per heavy atom. The summed E-state index contributed by atoms with van der Waals surface area (Å²) in [5.74, 6) is 2.98. The number of methoxy groups -OCH3 is 1. The Balaban J connectivity index is 1.57. The fourth-order valence-electron chi connectivity index (χ4n) is 3.98. The van der Waals surface area contributed by atoms with Gasteiger partial charge in [-0.1, -0.05) is 12.1 Å². The van der Waals surface area contributed by atoms with E-state index in [0.29, 0.717) is 5.92 Å². The van der Waals surface area contributed by atoms with Gasteiger partial charge in [0, 0.05) is 57.1 Å². The number of aromatic nitrogens is 3. The Morgan fingerprint density at radius 3 is 2.80 bits per heavy atom. The van der Waals surface area contributed by atoms with Crippen LogP contribution >= 0.6 is 0 Å². The predicted octanol–water partition coefficient (Wildman–Crippen LogP) is 3.99. The standard InChI is InChI=1S/C24H29N5O/c1-28(2)23-14-22(26-24(27-23)19-8-5-11-25-15-19)20-9-6-12-29(17-20)16-18-7-4-10-21(13-18)30-3/h4-5,7-8,10-11,13-15,20H,6,9,12,16-17H2,1-3H3/t20-/m0/s1. The molecular weight excluding hydrogens is 374 g/mol. The monoisotopic (exact) mass is 403 g/mol. The van der Waals surface area contributed by atoms with Crippen molar-refractivity contribution >= 4 is 5.82 Å². The first kappa shape index (κ1) is 20.3. The van der Waals surface area contributed by atoms with Crippen LogP contribution in [-0.2, 0) is 6.54 Å². The van der Waals surface area contributed by atoms with E-state index < -0.39 is 0 Å². The van der Waals surface area contributed by atoms with Crippen molar-refractivity contribution < 1.29 is 4.74 Å². The van der Waals surface area contributed by atoms with Crippen LogP contribution in [0, 0.1) is 0 Å². The van der Waals surface area contributed by atoms with Crippen molar-refractivity contribution in [2.45, 2.75) is 25.3 Å². The van der Waals surface area contributed by atoms with Crippen molar-refractivity contribution in [3.63, 3.8) is 0 Å². The van der Waals surface area contributed by atoms with Gasteiger partial charge in [-0.25, -0.2) is 9.97 Å². The molecule has 3 aromatic rings. The topological polar surface area (TPSA) is 54.4 Å². The molecule has 2 aromatic heterocycles. The van der Waals surface area contributed by atoms with Gasteiger partial charge in [0.2, 0.25) is 0 Å². The molecule has 6 heteroatoms. The normalized spacial score (nSPS) is 17.0. The van der Waals surface area contributed by atoms with Crippen LogP contribution in [0.3, 0.4) is 0 Å². The maximum Gasteiger partial charge on any atom is 0.163 e. The number of nitrogens with zero attached hydrogens (tertiary/aromatic N) is 5. The summed E-state index contributed by atoms with van der Waals surface area (Å²) in [7, 11) is 5.76. The molecule has 0 bridgehead atoms. The number of hydrogen-bond acceptors (Lipinski definition) is 6. The summed E-state index contributed by atoms with van der Waals surface area (Å²) in [4.78, 5) is 18.5. The second kappa shape index (κ2) is 9.22. The smallest absolute Gasteiger partial charge is 0.163 e. The third-order valence-electron chi connectivity index (χ3n) is 5.57. The average Bonchev–Trinajstić information content (AvgIpc) is 2.79. The van der Waals surface area contributed by atoms with Crippen LogP contribution in [0.15, 0.2) is 54.9 Å². The van der Waals surface area contributed by atoms with Gasteiger partial charge in [0.25, 0.3) is 0 Å². The van der Waals surface area contributed by atoms with Gasteiger partial charge < -0.3 is 9.64 Å². The molecule has 1 aromatic carbocycles. The molecular formula is C24H29N5O. The lowest BCUT2D eigenvalue weighted by atomic mass is 9.94. The van der Waals surface area contributed by atoms with E-state index in [4.69, 9.17) is 14.7 Å². The zero-order valence-electron chi connectivity index (χ0n) is 18.0. The summed E-state index contributed by atoms with van der Waals surface area (Å²) in [5, 5.41) is 0. The minimum Gasteiger partial charge on any atom is -0.497 e. The molecule has 3 heterocycles. The quantitative estimate of drug-likeness (QED) is 0.620. The molecule has 1 atom stereocenters. The summed E-state index contributed by atoms with van der Waals surface area (Å²) in [5.41, 5.74) is 3.34.